The quantitative estimate of drug-likeness (QED) is 0.357. The van der Waals surface area contributed by atoms with Crippen LogP contribution in [0, 0.1) is 0 Å². The third kappa shape index (κ3) is 115. The molecule has 0 amide bonds. The van der Waals surface area contributed by atoms with Crippen LogP contribution in [0.5, 0.6) is 0 Å². The van der Waals surface area contributed by atoms with Crippen molar-refractivity contribution in [1.82, 2.24) is 0 Å². The average Bonchev–Trinajstić information content (AvgIpc) is 1.25. The van der Waals surface area contributed by atoms with Gasteiger partial charge >= 0.3 is 126 Å². The molecular formula is NiO6SrZr2. The number of rotatable bonds is 0. The zero-order valence-corrected chi connectivity index (χ0v) is 13.9. The summed E-state index contributed by atoms with van der Waals surface area (Å²) in [6.45, 7) is 0. The van der Waals surface area contributed by atoms with E-state index in [4.69, 9.17) is 18.4 Å². The van der Waals surface area contributed by atoms with E-state index in [0.717, 1.165) is 0 Å². The van der Waals surface area contributed by atoms with Crippen molar-refractivity contribution in [3.63, 3.8) is 0 Å². The molecule has 0 atom stereocenters. The Kier molecular flexibility index (Phi) is 41.9. The zero-order chi connectivity index (χ0) is 7.15. The SMILES string of the molecule is [Ni+2].[O]=[Zr]([O-])[O-].[O]=[Zr]([O-])[O-].[Sr+2]. The first-order valence-electron chi connectivity index (χ1n) is 1.22. The first-order chi connectivity index (χ1) is 3.46. The fourth-order valence-corrected chi connectivity index (χ4v) is 0. The normalized spacial score (nSPS) is 5.20. The Morgan fingerprint density at radius 1 is 0.800 bits per heavy atom. The molecule has 0 aliphatic heterocycles. The molecule has 0 saturated heterocycles. The predicted octanol–water partition coefficient (Wildman–Crippen LogP) is -5.38. The molecule has 6 nitrogen and oxygen atoms in total. The van der Waals surface area contributed by atoms with Crippen LogP contribution in [-0.2, 0) is 67.4 Å². The topological polar surface area (TPSA) is 126 Å². The summed E-state index contributed by atoms with van der Waals surface area (Å²) in [5.74, 6) is 0. The molecule has 56 valence electrons. The van der Waals surface area contributed by atoms with E-state index in [9.17, 15) is 0 Å². The van der Waals surface area contributed by atoms with Crippen molar-refractivity contribution in [2.24, 2.45) is 0 Å². The van der Waals surface area contributed by atoms with Gasteiger partial charge in [0.2, 0.25) is 0 Å². The van der Waals surface area contributed by atoms with Crippen molar-refractivity contribution in [2.45, 2.75) is 0 Å². The smallest absolute Gasteiger partial charge is 2.00 e. The van der Waals surface area contributed by atoms with Crippen molar-refractivity contribution in [1.29, 1.82) is 0 Å². The first kappa shape index (κ1) is 23.2. The minimum Gasteiger partial charge on any atom is 2.00 e. The van der Waals surface area contributed by atoms with E-state index < -0.39 is 45.3 Å². The Morgan fingerprint density at radius 2 is 0.800 bits per heavy atom. The third-order valence-electron chi connectivity index (χ3n) is 0. The standard InChI is InChI=1S/Ni.6O.Sr.2Zr/q+2;;;4*-1;+2;;. The monoisotopic (exact) mass is 422 g/mol. The van der Waals surface area contributed by atoms with Gasteiger partial charge in [-0.25, -0.2) is 0 Å². The van der Waals surface area contributed by atoms with E-state index in [0.29, 0.717) is 0 Å². The Hall–Kier alpha value is 3.18. The maximum absolute atomic E-state index is 8.61. The maximum atomic E-state index is 8.61. The van der Waals surface area contributed by atoms with E-state index >= 15 is 0 Å². The number of hydrogen-bond acceptors (Lipinski definition) is 6. The van der Waals surface area contributed by atoms with Crippen molar-refractivity contribution in [2.75, 3.05) is 0 Å². The van der Waals surface area contributed by atoms with Crippen molar-refractivity contribution >= 4 is 45.5 Å². The van der Waals surface area contributed by atoms with Crippen LogP contribution in [0.1, 0.15) is 0 Å². The van der Waals surface area contributed by atoms with Gasteiger partial charge in [-0.3, -0.25) is 0 Å². The minimum absolute atomic E-state index is 0. The molecule has 0 N–H and O–H groups in total. The Bertz CT molecular complexity index is 73.7. The summed E-state index contributed by atoms with van der Waals surface area (Å²) in [6.07, 6.45) is 0. The molecule has 0 unspecified atom stereocenters. The molecule has 0 fully saturated rings. The summed E-state index contributed by atoms with van der Waals surface area (Å²) in [4.78, 5) is 0. The summed E-state index contributed by atoms with van der Waals surface area (Å²) in [7, 11) is 0. The van der Waals surface area contributed by atoms with Crippen LogP contribution in [0.15, 0.2) is 0 Å². The first-order valence-corrected chi connectivity index (χ1v) is 7.25. The fourth-order valence-electron chi connectivity index (χ4n) is 0. The molecule has 0 aromatic rings. The summed E-state index contributed by atoms with van der Waals surface area (Å²) in [5, 5.41) is 0. The molecule has 0 saturated carbocycles. The maximum Gasteiger partial charge on any atom is 2.00 e. The van der Waals surface area contributed by atoms with Crippen molar-refractivity contribution < 1.29 is 80.1 Å². The van der Waals surface area contributed by atoms with Crippen LogP contribution in [0.3, 0.4) is 0 Å². The van der Waals surface area contributed by atoms with Gasteiger partial charge in [0.1, 0.15) is 0 Å². The Morgan fingerprint density at radius 3 is 0.800 bits per heavy atom. The average molecular weight is 425 g/mol. The molecule has 0 heterocycles. The van der Waals surface area contributed by atoms with Crippen LogP contribution in [0.25, 0.3) is 0 Å². The second-order valence-corrected chi connectivity index (χ2v) is 2.96. The van der Waals surface area contributed by atoms with Gasteiger partial charge in [0.15, 0.2) is 0 Å². The fraction of sp³-hybridized carbons (Fsp3) is 0. The van der Waals surface area contributed by atoms with Crippen LogP contribution in [-0.4, -0.2) is 45.5 Å². The van der Waals surface area contributed by atoms with E-state index in [-0.39, 0.29) is 62.0 Å². The van der Waals surface area contributed by atoms with Crippen molar-refractivity contribution in [3.8, 4) is 0 Å². The van der Waals surface area contributed by atoms with Gasteiger partial charge in [0, 0.05) is 0 Å². The van der Waals surface area contributed by atoms with Gasteiger partial charge in [0.05, 0.1) is 0 Å². The molecule has 0 rings (SSSR count). The summed E-state index contributed by atoms with van der Waals surface area (Å²) >= 11 is -8.59. The third-order valence-corrected chi connectivity index (χ3v) is 0. The molecule has 0 aromatic heterocycles. The van der Waals surface area contributed by atoms with E-state index in [1.807, 2.05) is 0 Å². The van der Waals surface area contributed by atoms with E-state index in [2.05, 4.69) is 0 Å². The predicted molar refractivity (Wildman–Crippen MR) is 7.13 cm³/mol. The molecular weight excluding hydrogens is 425 g/mol. The Labute approximate surface area is 123 Å². The van der Waals surface area contributed by atoms with Crippen LogP contribution < -0.4 is 12.7 Å². The second-order valence-electron chi connectivity index (χ2n) is 0.500. The van der Waals surface area contributed by atoms with Crippen LogP contribution >= 0.6 is 0 Å². The molecule has 0 spiro atoms. The van der Waals surface area contributed by atoms with Crippen LogP contribution in [0.4, 0.5) is 0 Å². The van der Waals surface area contributed by atoms with E-state index in [1.165, 1.54) is 0 Å². The molecule has 0 radical (unpaired) electrons. The van der Waals surface area contributed by atoms with Gasteiger partial charge in [-0.15, -0.1) is 0 Å². The summed E-state index contributed by atoms with van der Waals surface area (Å²) in [6, 6.07) is 0. The molecule has 0 aliphatic rings. The van der Waals surface area contributed by atoms with Gasteiger partial charge in [-0.1, -0.05) is 0 Å². The largest absolute Gasteiger partial charge is 2.00 e. The second kappa shape index (κ2) is 18.1. The van der Waals surface area contributed by atoms with E-state index in [1.54, 1.807) is 0 Å². The molecule has 0 aliphatic carbocycles. The number of hydrogen-bond donors (Lipinski definition) is 0. The van der Waals surface area contributed by atoms with Gasteiger partial charge in [-0.05, 0) is 0 Å². The summed E-state index contributed by atoms with van der Waals surface area (Å²) in [5.41, 5.74) is 0. The summed E-state index contributed by atoms with van der Waals surface area (Å²) < 4.78 is 51.7. The van der Waals surface area contributed by atoms with Gasteiger partial charge in [-0.2, -0.15) is 0 Å². The molecule has 0 aromatic carbocycles. The molecule has 10 heteroatoms. The van der Waals surface area contributed by atoms with Crippen LogP contribution in [0.2, 0.25) is 0 Å². The zero-order valence-electron chi connectivity index (χ0n) is 4.47. The molecule has 10 heavy (non-hydrogen) atoms. The minimum atomic E-state index is -4.29. The van der Waals surface area contributed by atoms with Gasteiger partial charge < -0.3 is 0 Å². The molecule has 0 bridgehead atoms. The Balaban J connectivity index is -0.0000000300. The van der Waals surface area contributed by atoms with Crippen molar-refractivity contribution in [3.05, 3.63) is 0 Å². The van der Waals surface area contributed by atoms with Gasteiger partial charge in [0.25, 0.3) is 0 Å².